The predicted octanol–water partition coefficient (Wildman–Crippen LogP) is 6.52. The Kier molecular flexibility index (Phi) is 8.83. The van der Waals surface area contributed by atoms with Crippen LogP contribution in [0.5, 0.6) is 5.75 Å². The number of carboxylic acids is 1. The normalized spacial score (nSPS) is 16.5. The van der Waals surface area contributed by atoms with Gasteiger partial charge in [-0.25, -0.2) is 4.79 Å². The van der Waals surface area contributed by atoms with Gasteiger partial charge in [-0.2, -0.15) is 0 Å². The van der Waals surface area contributed by atoms with Gasteiger partial charge in [0.15, 0.2) is 0 Å². The van der Waals surface area contributed by atoms with Crippen molar-refractivity contribution in [2.24, 2.45) is 0 Å². The lowest BCUT2D eigenvalue weighted by molar-refractivity contribution is -0.122. The van der Waals surface area contributed by atoms with Crippen molar-refractivity contribution in [3.63, 3.8) is 0 Å². The second kappa shape index (κ2) is 13.1. The van der Waals surface area contributed by atoms with Crippen molar-refractivity contribution in [1.82, 2.24) is 14.8 Å². The molecule has 7 nitrogen and oxygen atoms in total. The molecule has 2 fully saturated rings. The number of rotatable bonds is 10. The molecule has 0 aliphatic carbocycles. The van der Waals surface area contributed by atoms with E-state index in [0.717, 1.165) is 58.5 Å². The number of hydrogen-bond donors (Lipinski definition) is 1. The van der Waals surface area contributed by atoms with Gasteiger partial charge in [-0.15, -0.1) is 0 Å². The molecule has 3 aromatic carbocycles. The molecule has 218 valence electrons. The van der Waals surface area contributed by atoms with E-state index in [4.69, 9.17) is 22.1 Å². The van der Waals surface area contributed by atoms with Crippen molar-refractivity contribution in [3.8, 4) is 16.9 Å². The van der Waals surface area contributed by atoms with E-state index in [1.54, 1.807) is 29.2 Å². The number of carbonyl (C=O) groups excluding carboxylic acids is 1. The van der Waals surface area contributed by atoms with Gasteiger partial charge in [0.25, 0.3) is 5.91 Å². The number of benzene rings is 3. The molecule has 0 saturated carbocycles. The Bertz CT molecular complexity index is 1710. The molecule has 43 heavy (non-hydrogen) atoms. The van der Waals surface area contributed by atoms with E-state index in [0.29, 0.717) is 28.8 Å². The summed E-state index contributed by atoms with van der Waals surface area (Å²) in [5.74, 6) is -0.382. The van der Waals surface area contributed by atoms with Gasteiger partial charge < -0.3 is 9.84 Å². The van der Waals surface area contributed by atoms with Crippen molar-refractivity contribution < 1.29 is 19.4 Å². The number of hydrogen-bond acceptors (Lipinski definition) is 7. The molecule has 2 aliphatic heterocycles. The van der Waals surface area contributed by atoms with E-state index in [-0.39, 0.29) is 11.5 Å². The van der Waals surface area contributed by atoms with Gasteiger partial charge in [0, 0.05) is 35.8 Å². The molecule has 0 radical (unpaired) electrons. The average molecular weight is 610 g/mol. The second-order valence-corrected chi connectivity index (χ2v) is 12.3. The Morgan fingerprint density at radius 1 is 1.00 bits per heavy atom. The van der Waals surface area contributed by atoms with E-state index in [1.165, 1.54) is 24.6 Å². The van der Waals surface area contributed by atoms with Crippen molar-refractivity contribution in [1.29, 1.82) is 0 Å². The summed E-state index contributed by atoms with van der Waals surface area (Å²) in [6.07, 6.45) is 6.78. The number of likely N-dealkylation sites (tertiary alicyclic amines) is 1. The Hall–Kier alpha value is -4.05. The summed E-state index contributed by atoms with van der Waals surface area (Å²) in [5.41, 5.74) is 4.90. The van der Waals surface area contributed by atoms with Gasteiger partial charge in [-0.05, 0) is 86.0 Å². The van der Waals surface area contributed by atoms with Crippen LogP contribution >= 0.6 is 24.0 Å². The Morgan fingerprint density at radius 2 is 1.79 bits per heavy atom. The van der Waals surface area contributed by atoms with E-state index < -0.39 is 5.97 Å². The van der Waals surface area contributed by atoms with Crippen LogP contribution in [0.15, 0.2) is 83.9 Å². The van der Waals surface area contributed by atoms with Crippen molar-refractivity contribution >= 4 is 57.2 Å². The fraction of sp³-hybridized carbons (Fsp3) is 0.235. The van der Waals surface area contributed by atoms with Crippen LogP contribution in [0.4, 0.5) is 0 Å². The maximum absolute atomic E-state index is 13.5. The van der Waals surface area contributed by atoms with Gasteiger partial charge in [0.1, 0.15) is 16.7 Å². The lowest BCUT2D eigenvalue weighted by atomic mass is 10.0. The standard InChI is InChI=1S/C34H31N3O4S2/c38-32-31(43-34(42)37(32)16-13-23-7-9-24(10-8-23)33(39)40)21-27-19-25(28-20-26-5-1-2-6-29(26)35-22-28)11-12-30(27)41-18-17-36-14-3-4-15-36/h1-2,5-12,19-22H,3-4,13-18H2,(H,39,40)/b31-21-. The summed E-state index contributed by atoms with van der Waals surface area (Å²) < 4.78 is 6.78. The SMILES string of the molecule is O=C(O)c1ccc(CCN2C(=O)/C(=C/c3cc(-c4cnc5ccccc5c4)ccc3OCCN3CCCC3)SC2=S)cc1. The highest BCUT2D eigenvalue weighted by Crippen LogP contribution is 2.36. The van der Waals surface area contributed by atoms with Gasteiger partial charge in [0.2, 0.25) is 0 Å². The molecule has 2 saturated heterocycles. The largest absolute Gasteiger partial charge is 0.492 e. The Morgan fingerprint density at radius 3 is 2.58 bits per heavy atom. The topological polar surface area (TPSA) is 83.0 Å². The highest BCUT2D eigenvalue weighted by Gasteiger charge is 2.32. The minimum Gasteiger partial charge on any atom is -0.492 e. The maximum Gasteiger partial charge on any atom is 0.335 e. The van der Waals surface area contributed by atoms with Crippen molar-refractivity contribution in [2.75, 3.05) is 32.8 Å². The van der Waals surface area contributed by atoms with Gasteiger partial charge >= 0.3 is 5.97 Å². The smallest absolute Gasteiger partial charge is 0.335 e. The fourth-order valence-electron chi connectivity index (χ4n) is 5.38. The molecule has 3 heterocycles. The molecular weight excluding hydrogens is 579 g/mol. The number of aromatic nitrogens is 1. The van der Waals surface area contributed by atoms with Crippen LogP contribution in [0.1, 0.15) is 34.3 Å². The zero-order chi connectivity index (χ0) is 29.8. The number of thioether (sulfide) groups is 1. The first kappa shape index (κ1) is 29.0. The molecule has 9 heteroatoms. The molecule has 2 aliphatic rings. The number of fused-ring (bicyclic) bond motifs is 1. The molecule has 6 rings (SSSR count). The third-order valence-electron chi connectivity index (χ3n) is 7.78. The van der Waals surface area contributed by atoms with E-state index in [1.807, 2.05) is 48.7 Å². The van der Waals surface area contributed by atoms with Crippen molar-refractivity contribution in [2.45, 2.75) is 19.3 Å². The van der Waals surface area contributed by atoms with Crippen LogP contribution < -0.4 is 4.74 Å². The average Bonchev–Trinajstić information content (AvgIpc) is 3.64. The van der Waals surface area contributed by atoms with E-state index >= 15 is 0 Å². The summed E-state index contributed by atoms with van der Waals surface area (Å²) in [5, 5.41) is 10.2. The van der Waals surface area contributed by atoms with Gasteiger partial charge in [-0.3, -0.25) is 19.6 Å². The predicted molar refractivity (Wildman–Crippen MR) is 175 cm³/mol. The lowest BCUT2D eigenvalue weighted by Gasteiger charge is -2.17. The first-order chi connectivity index (χ1) is 20.9. The first-order valence-corrected chi connectivity index (χ1v) is 15.6. The molecular formula is C34H31N3O4S2. The van der Waals surface area contributed by atoms with E-state index in [2.05, 4.69) is 22.0 Å². The third kappa shape index (κ3) is 6.80. The van der Waals surface area contributed by atoms with Crippen LogP contribution in [-0.2, 0) is 11.2 Å². The molecule has 0 unspecified atom stereocenters. The summed E-state index contributed by atoms with van der Waals surface area (Å²) in [7, 11) is 0. The molecule has 0 bridgehead atoms. The van der Waals surface area contributed by atoms with Crippen LogP contribution in [0.2, 0.25) is 0 Å². The Balaban J connectivity index is 1.24. The minimum atomic E-state index is -0.964. The number of amides is 1. The third-order valence-corrected chi connectivity index (χ3v) is 9.16. The number of para-hydroxylation sites is 1. The summed E-state index contributed by atoms with van der Waals surface area (Å²) >= 11 is 6.89. The lowest BCUT2D eigenvalue weighted by Crippen LogP contribution is -2.30. The van der Waals surface area contributed by atoms with Crippen LogP contribution in [0, 0.1) is 0 Å². The van der Waals surface area contributed by atoms with E-state index in [9.17, 15) is 9.59 Å². The van der Waals surface area contributed by atoms with Crippen molar-refractivity contribution in [3.05, 3.63) is 101 Å². The summed E-state index contributed by atoms with van der Waals surface area (Å²) in [4.78, 5) is 33.9. The maximum atomic E-state index is 13.5. The van der Waals surface area contributed by atoms with Crippen LogP contribution in [-0.4, -0.2) is 68.9 Å². The van der Waals surface area contributed by atoms with Gasteiger partial charge in [0.05, 0.1) is 16.0 Å². The summed E-state index contributed by atoms with van der Waals surface area (Å²) in [6, 6.07) is 22.9. The minimum absolute atomic E-state index is 0.141. The van der Waals surface area contributed by atoms with Crippen LogP contribution in [0.25, 0.3) is 28.1 Å². The number of carbonyl (C=O) groups is 2. The van der Waals surface area contributed by atoms with Crippen LogP contribution in [0.3, 0.4) is 0 Å². The number of ether oxygens (including phenoxy) is 1. The molecule has 1 N–H and O–H groups in total. The molecule has 0 atom stereocenters. The number of carboxylic acid groups (broad SMARTS) is 1. The number of aromatic carboxylic acids is 1. The number of pyridine rings is 1. The monoisotopic (exact) mass is 609 g/mol. The zero-order valence-corrected chi connectivity index (χ0v) is 25.2. The quantitative estimate of drug-likeness (QED) is 0.161. The fourth-order valence-corrected chi connectivity index (χ4v) is 6.68. The highest BCUT2D eigenvalue weighted by atomic mass is 32.2. The van der Waals surface area contributed by atoms with Gasteiger partial charge in [-0.1, -0.05) is 60.4 Å². The summed E-state index contributed by atoms with van der Waals surface area (Å²) in [6.45, 7) is 4.06. The second-order valence-electron chi connectivity index (χ2n) is 10.7. The molecule has 1 amide bonds. The molecule has 0 spiro atoms. The number of nitrogens with zero attached hydrogens (tertiary/aromatic N) is 3. The first-order valence-electron chi connectivity index (χ1n) is 14.4. The molecule has 4 aromatic rings. The Labute approximate surface area is 260 Å². The molecule has 1 aromatic heterocycles. The zero-order valence-electron chi connectivity index (χ0n) is 23.6. The number of thiocarbonyl (C=S) groups is 1. The highest BCUT2D eigenvalue weighted by molar-refractivity contribution is 8.26.